The molecule has 4 heteroatoms. The van der Waals surface area contributed by atoms with Crippen molar-refractivity contribution in [2.75, 3.05) is 7.05 Å². The highest BCUT2D eigenvalue weighted by molar-refractivity contribution is 7.13. The summed E-state index contributed by atoms with van der Waals surface area (Å²) in [6.45, 7) is 0. The van der Waals surface area contributed by atoms with Gasteiger partial charge in [0.15, 0.2) is 0 Å². The van der Waals surface area contributed by atoms with E-state index in [9.17, 15) is 9.59 Å². The first kappa shape index (κ1) is 10.2. The van der Waals surface area contributed by atoms with Gasteiger partial charge in [0.25, 0.3) is 11.8 Å². The van der Waals surface area contributed by atoms with E-state index in [1.165, 1.54) is 7.05 Å². The van der Waals surface area contributed by atoms with Gasteiger partial charge in [0.1, 0.15) is 0 Å². The average molecular weight is 243 g/mol. The number of rotatable bonds is 1. The summed E-state index contributed by atoms with van der Waals surface area (Å²) in [6.07, 6.45) is 0. The number of amides is 2. The Balaban J connectivity index is 2.16. The fourth-order valence-electron chi connectivity index (χ4n) is 1.96. The lowest BCUT2D eigenvalue weighted by molar-refractivity contribution is 0.0693. The highest BCUT2D eigenvalue weighted by Crippen LogP contribution is 2.30. The molecule has 3 nitrogen and oxygen atoms in total. The molecule has 1 aliphatic heterocycles. The fraction of sp³-hybridized carbons (Fsp3) is 0.0769. The molecule has 0 spiro atoms. The molecule has 0 atom stereocenters. The van der Waals surface area contributed by atoms with Crippen molar-refractivity contribution in [2.45, 2.75) is 0 Å². The first-order chi connectivity index (χ1) is 8.18. The van der Waals surface area contributed by atoms with E-state index >= 15 is 0 Å². The van der Waals surface area contributed by atoms with E-state index in [4.69, 9.17) is 0 Å². The minimum absolute atomic E-state index is 0.219. The predicted molar refractivity (Wildman–Crippen MR) is 66.2 cm³/mol. The number of benzene rings is 1. The molecule has 2 heterocycles. The molecule has 3 rings (SSSR count). The van der Waals surface area contributed by atoms with Crippen molar-refractivity contribution >= 4 is 23.2 Å². The highest BCUT2D eigenvalue weighted by atomic mass is 32.1. The van der Waals surface area contributed by atoms with E-state index in [0.29, 0.717) is 11.1 Å². The molecule has 0 fully saturated rings. The molecule has 17 heavy (non-hydrogen) atoms. The lowest BCUT2D eigenvalue weighted by Gasteiger charge is -2.02. The van der Waals surface area contributed by atoms with Crippen molar-refractivity contribution in [3.05, 3.63) is 46.8 Å². The Hall–Kier alpha value is -1.94. The van der Waals surface area contributed by atoms with Crippen LogP contribution in [0.25, 0.3) is 10.4 Å². The van der Waals surface area contributed by atoms with Crippen LogP contribution in [0.4, 0.5) is 0 Å². The van der Waals surface area contributed by atoms with Gasteiger partial charge in [-0.05, 0) is 29.1 Å². The first-order valence-corrected chi connectivity index (χ1v) is 6.07. The molecule has 1 aliphatic rings. The number of imide groups is 1. The maximum atomic E-state index is 11.8. The Kier molecular flexibility index (Phi) is 2.12. The molecule has 0 bridgehead atoms. The Morgan fingerprint density at radius 2 is 1.82 bits per heavy atom. The standard InChI is InChI=1S/C13H9NO2S/c1-14-12(15)9-5-4-8(7-10(9)13(14)16)11-3-2-6-17-11/h2-7H,1H3. The van der Waals surface area contributed by atoms with Crippen molar-refractivity contribution in [1.29, 1.82) is 0 Å². The SMILES string of the molecule is CN1C(=O)c2ccc(-c3cccs3)cc2C1=O. The second kappa shape index (κ2) is 3.53. The third-order valence-corrected chi connectivity index (χ3v) is 3.81. The van der Waals surface area contributed by atoms with E-state index in [1.54, 1.807) is 23.5 Å². The van der Waals surface area contributed by atoms with Gasteiger partial charge in [0, 0.05) is 11.9 Å². The molecule has 0 saturated carbocycles. The van der Waals surface area contributed by atoms with Crippen molar-refractivity contribution in [3.8, 4) is 10.4 Å². The minimum atomic E-state index is -0.220. The lowest BCUT2D eigenvalue weighted by atomic mass is 10.0. The van der Waals surface area contributed by atoms with Gasteiger partial charge in [-0.2, -0.15) is 0 Å². The van der Waals surface area contributed by atoms with E-state index in [1.807, 2.05) is 23.6 Å². The molecular weight excluding hydrogens is 234 g/mol. The van der Waals surface area contributed by atoms with Gasteiger partial charge >= 0.3 is 0 Å². The maximum absolute atomic E-state index is 11.8. The number of nitrogens with zero attached hydrogens (tertiary/aromatic N) is 1. The van der Waals surface area contributed by atoms with Crippen molar-refractivity contribution in [2.24, 2.45) is 0 Å². The summed E-state index contributed by atoms with van der Waals surface area (Å²) < 4.78 is 0. The number of carbonyl (C=O) groups excluding carboxylic acids is 2. The Morgan fingerprint density at radius 3 is 2.53 bits per heavy atom. The fourth-order valence-corrected chi connectivity index (χ4v) is 2.68. The molecule has 0 aliphatic carbocycles. The van der Waals surface area contributed by atoms with E-state index < -0.39 is 0 Å². The summed E-state index contributed by atoms with van der Waals surface area (Å²) >= 11 is 1.61. The van der Waals surface area contributed by atoms with Crippen LogP contribution in [0.2, 0.25) is 0 Å². The van der Waals surface area contributed by atoms with Gasteiger partial charge in [-0.15, -0.1) is 11.3 Å². The van der Waals surface area contributed by atoms with Crippen LogP contribution in [0.5, 0.6) is 0 Å². The summed E-state index contributed by atoms with van der Waals surface area (Å²) in [5, 5.41) is 1.99. The Labute approximate surface area is 102 Å². The molecule has 0 N–H and O–H groups in total. The topological polar surface area (TPSA) is 37.4 Å². The molecule has 0 saturated heterocycles. The number of hydrogen-bond acceptors (Lipinski definition) is 3. The van der Waals surface area contributed by atoms with Crippen molar-refractivity contribution in [1.82, 2.24) is 4.90 Å². The molecule has 2 amide bonds. The average Bonchev–Trinajstić information content (AvgIpc) is 2.94. The smallest absolute Gasteiger partial charge is 0.261 e. The summed E-state index contributed by atoms with van der Waals surface area (Å²) in [5.74, 6) is -0.439. The molecule has 1 aromatic heterocycles. The van der Waals surface area contributed by atoms with Gasteiger partial charge in [0.05, 0.1) is 11.1 Å². The molecule has 84 valence electrons. The number of carbonyl (C=O) groups is 2. The van der Waals surface area contributed by atoms with Gasteiger partial charge < -0.3 is 0 Å². The second-order valence-electron chi connectivity index (χ2n) is 3.91. The van der Waals surface area contributed by atoms with Gasteiger partial charge in [-0.3, -0.25) is 14.5 Å². The third-order valence-electron chi connectivity index (χ3n) is 2.90. The van der Waals surface area contributed by atoms with Crippen molar-refractivity contribution < 1.29 is 9.59 Å². The summed E-state index contributed by atoms with van der Waals surface area (Å²) in [6, 6.07) is 9.37. The molecule has 2 aromatic rings. The minimum Gasteiger partial charge on any atom is -0.277 e. The van der Waals surface area contributed by atoms with Gasteiger partial charge in [-0.25, -0.2) is 0 Å². The quantitative estimate of drug-likeness (QED) is 0.722. The van der Waals surface area contributed by atoms with E-state index in [2.05, 4.69) is 0 Å². The largest absolute Gasteiger partial charge is 0.277 e. The van der Waals surface area contributed by atoms with E-state index in [-0.39, 0.29) is 11.8 Å². The monoisotopic (exact) mass is 243 g/mol. The Bertz CT molecular complexity index is 616. The third kappa shape index (κ3) is 1.41. The van der Waals surface area contributed by atoms with Gasteiger partial charge in [0.2, 0.25) is 0 Å². The second-order valence-corrected chi connectivity index (χ2v) is 4.85. The van der Waals surface area contributed by atoms with Crippen LogP contribution in [-0.2, 0) is 0 Å². The number of thiophene rings is 1. The summed E-state index contributed by atoms with van der Waals surface area (Å²) in [5.41, 5.74) is 1.98. The van der Waals surface area contributed by atoms with Crippen LogP contribution in [0.3, 0.4) is 0 Å². The van der Waals surface area contributed by atoms with Crippen LogP contribution >= 0.6 is 11.3 Å². The van der Waals surface area contributed by atoms with Crippen LogP contribution in [0, 0.1) is 0 Å². The van der Waals surface area contributed by atoms with E-state index in [0.717, 1.165) is 15.3 Å². The van der Waals surface area contributed by atoms with Crippen LogP contribution in [-0.4, -0.2) is 23.8 Å². The lowest BCUT2D eigenvalue weighted by Crippen LogP contribution is -2.24. The molecule has 0 radical (unpaired) electrons. The summed E-state index contributed by atoms with van der Waals surface area (Å²) in [4.78, 5) is 25.8. The number of hydrogen-bond donors (Lipinski definition) is 0. The maximum Gasteiger partial charge on any atom is 0.261 e. The highest BCUT2D eigenvalue weighted by Gasteiger charge is 2.32. The molecule has 1 aromatic carbocycles. The zero-order chi connectivity index (χ0) is 12.0. The van der Waals surface area contributed by atoms with Crippen LogP contribution in [0.1, 0.15) is 20.7 Å². The first-order valence-electron chi connectivity index (χ1n) is 5.19. The summed E-state index contributed by atoms with van der Waals surface area (Å²) in [7, 11) is 1.51. The molecular formula is C13H9NO2S. The number of fused-ring (bicyclic) bond motifs is 1. The normalized spacial score (nSPS) is 14.3. The van der Waals surface area contributed by atoms with Crippen LogP contribution < -0.4 is 0 Å². The van der Waals surface area contributed by atoms with Gasteiger partial charge in [-0.1, -0.05) is 12.1 Å². The molecule has 0 unspecified atom stereocenters. The zero-order valence-corrected chi connectivity index (χ0v) is 9.95. The van der Waals surface area contributed by atoms with Crippen LogP contribution in [0.15, 0.2) is 35.7 Å². The predicted octanol–water partition coefficient (Wildman–Crippen LogP) is 2.64. The Morgan fingerprint density at radius 1 is 1.06 bits per heavy atom. The zero-order valence-electron chi connectivity index (χ0n) is 9.14. The van der Waals surface area contributed by atoms with Crippen molar-refractivity contribution in [3.63, 3.8) is 0 Å².